The van der Waals surface area contributed by atoms with Crippen LogP contribution in [0.25, 0.3) is 17.2 Å². The largest absolute Gasteiger partial charge is 0.493 e. The number of ketones is 1. The van der Waals surface area contributed by atoms with Gasteiger partial charge in [-0.3, -0.25) is 4.79 Å². The summed E-state index contributed by atoms with van der Waals surface area (Å²) in [5.74, 6) is 0.696. The van der Waals surface area contributed by atoms with Crippen LogP contribution in [0.15, 0.2) is 72.8 Å². The molecule has 0 amide bonds. The highest BCUT2D eigenvalue weighted by Crippen LogP contribution is 2.32. The van der Waals surface area contributed by atoms with Crippen LogP contribution >= 0.6 is 0 Å². The Bertz CT molecular complexity index is 975. The highest BCUT2D eigenvalue weighted by Gasteiger charge is 2.11. The van der Waals surface area contributed by atoms with E-state index in [0.29, 0.717) is 17.1 Å². The van der Waals surface area contributed by atoms with Crippen LogP contribution < -0.4 is 9.47 Å². The fraction of sp³-hybridized carbons (Fsp3) is 0.0870. The summed E-state index contributed by atoms with van der Waals surface area (Å²) in [7, 11) is 3.12. The standard InChI is InChI=1S/C23H19FO3/c1-26-22-9-5-6-17(23(22)27-2)12-15-21(25)20-8-4-3-7-19(20)16-10-13-18(24)14-11-16/h3-15H,1-2H3/b15-12+. The molecule has 0 N–H and O–H groups in total. The van der Waals surface area contributed by atoms with E-state index < -0.39 is 0 Å². The van der Waals surface area contributed by atoms with E-state index >= 15 is 0 Å². The Morgan fingerprint density at radius 2 is 1.63 bits per heavy atom. The lowest BCUT2D eigenvalue weighted by atomic mass is 9.96. The summed E-state index contributed by atoms with van der Waals surface area (Å²) in [6.45, 7) is 0. The first-order chi connectivity index (χ1) is 13.1. The third-order valence-electron chi connectivity index (χ3n) is 4.20. The molecule has 0 bridgehead atoms. The lowest BCUT2D eigenvalue weighted by molar-refractivity contribution is 0.104. The number of carbonyl (C=O) groups is 1. The predicted molar refractivity (Wildman–Crippen MR) is 105 cm³/mol. The molecule has 3 rings (SSSR count). The number of benzene rings is 3. The topological polar surface area (TPSA) is 35.5 Å². The highest BCUT2D eigenvalue weighted by atomic mass is 19.1. The highest BCUT2D eigenvalue weighted by molar-refractivity contribution is 6.11. The zero-order valence-electron chi connectivity index (χ0n) is 15.1. The number of rotatable bonds is 6. The molecule has 3 aromatic carbocycles. The molecule has 0 spiro atoms. The molecule has 0 aromatic heterocycles. The van der Waals surface area contributed by atoms with Gasteiger partial charge in [0.25, 0.3) is 0 Å². The van der Waals surface area contributed by atoms with Gasteiger partial charge >= 0.3 is 0 Å². The fourth-order valence-corrected chi connectivity index (χ4v) is 2.88. The Hall–Kier alpha value is -3.40. The Balaban J connectivity index is 1.94. The number of allylic oxidation sites excluding steroid dienone is 1. The van der Waals surface area contributed by atoms with Gasteiger partial charge in [-0.1, -0.05) is 48.5 Å². The average Bonchev–Trinajstić information content (AvgIpc) is 2.72. The molecule has 0 aliphatic heterocycles. The normalized spacial score (nSPS) is 10.8. The van der Waals surface area contributed by atoms with Crippen LogP contribution in [0.4, 0.5) is 4.39 Å². The molecule has 136 valence electrons. The number of halogens is 1. The quantitative estimate of drug-likeness (QED) is 0.435. The van der Waals surface area contributed by atoms with Gasteiger partial charge in [0.15, 0.2) is 17.3 Å². The molecule has 0 saturated heterocycles. The maximum absolute atomic E-state index is 13.2. The summed E-state index contributed by atoms with van der Waals surface area (Å²) in [5.41, 5.74) is 2.82. The molecule has 0 radical (unpaired) electrons. The van der Waals surface area contributed by atoms with Crippen molar-refractivity contribution in [3.8, 4) is 22.6 Å². The zero-order chi connectivity index (χ0) is 19.2. The number of carbonyl (C=O) groups excluding carboxylic acids is 1. The van der Waals surface area contributed by atoms with Crippen LogP contribution in [0, 0.1) is 5.82 Å². The Morgan fingerprint density at radius 3 is 2.33 bits per heavy atom. The van der Waals surface area contributed by atoms with Gasteiger partial charge < -0.3 is 9.47 Å². The van der Waals surface area contributed by atoms with Crippen molar-refractivity contribution in [1.29, 1.82) is 0 Å². The van der Waals surface area contributed by atoms with Crippen LogP contribution in [0.1, 0.15) is 15.9 Å². The van der Waals surface area contributed by atoms with E-state index in [2.05, 4.69) is 0 Å². The van der Waals surface area contributed by atoms with Crippen molar-refractivity contribution in [2.75, 3.05) is 14.2 Å². The summed E-state index contributed by atoms with van der Waals surface area (Å²) in [6.07, 6.45) is 3.20. The second kappa shape index (κ2) is 8.32. The number of methoxy groups -OCH3 is 2. The van der Waals surface area contributed by atoms with Crippen molar-refractivity contribution < 1.29 is 18.7 Å². The molecule has 0 aliphatic carbocycles. The van der Waals surface area contributed by atoms with Crippen molar-refractivity contribution in [3.63, 3.8) is 0 Å². The summed E-state index contributed by atoms with van der Waals surface area (Å²) in [4.78, 5) is 12.8. The smallest absolute Gasteiger partial charge is 0.186 e. The van der Waals surface area contributed by atoms with Gasteiger partial charge in [0, 0.05) is 11.1 Å². The van der Waals surface area contributed by atoms with Crippen molar-refractivity contribution in [2.45, 2.75) is 0 Å². The second-order valence-corrected chi connectivity index (χ2v) is 5.83. The minimum absolute atomic E-state index is 0.153. The van der Waals surface area contributed by atoms with Crippen molar-refractivity contribution in [1.82, 2.24) is 0 Å². The molecule has 3 nitrogen and oxygen atoms in total. The van der Waals surface area contributed by atoms with Gasteiger partial charge in [0.05, 0.1) is 14.2 Å². The summed E-state index contributed by atoms with van der Waals surface area (Å²) in [5, 5.41) is 0. The molecule has 4 heteroatoms. The van der Waals surface area contributed by atoms with E-state index in [1.54, 1.807) is 50.6 Å². The minimum atomic E-state index is -0.312. The van der Waals surface area contributed by atoms with E-state index in [9.17, 15) is 9.18 Å². The van der Waals surface area contributed by atoms with Crippen LogP contribution in [0.2, 0.25) is 0 Å². The summed E-state index contributed by atoms with van der Waals surface area (Å²) >= 11 is 0. The van der Waals surface area contributed by atoms with Crippen LogP contribution in [-0.2, 0) is 0 Å². The van der Waals surface area contributed by atoms with E-state index in [4.69, 9.17) is 9.47 Å². The van der Waals surface area contributed by atoms with Crippen LogP contribution in [-0.4, -0.2) is 20.0 Å². The van der Waals surface area contributed by atoms with Crippen molar-refractivity contribution >= 4 is 11.9 Å². The van der Waals surface area contributed by atoms with Crippen LogP contribution in [0.3, 0.4) is 0 Å². The SMILES string of the molecule is COc1cccc(/C=C/C(=O)c2ccccc2-c2ccc(F)cc2)c1OC. The van der Waals surface area contributed by atoms with E-state index in [0.717, 1.165) is 16.7 Å². The first-order valence-electron chi connectivity index (χ1n) is 8.42. The molecule has 3 aromatic rings. The maximum atomic E-state index is 13.2. The Kier molecular flexibility index (Phi) is 5.67. The summed E-state index contributed by atoms with van der Waals surface area (Å²) < 4.78 is 23.9. The van der Waals surface area contributed by atoms with Crippen molar-refractivity contribution in [3.05, 3.63) is 89.8 Å². The van der Waals surface area contributed by atoms with Gasteiger partial charge in [0.1, 0.15) is 5.82 Å². The monoisotopic (exact) mass is 362 g/mol. The number of hydrogen-bond donors (Lipinski definition) is 0. The zero-order valence-corrected chi connectivity index (χ0v) is 15.1. The molecule has 0 heterocycles. The third-order valence-corrected chi connectivity index (χ3v) is 4.20. The van der Waals surface area contributed by atoms with Gasteiger partial charge in [-0.2, -0.15) is 0 Å². The predicted octanol–water partition coefficient (Wildman–Crippen LogP) is 5.41. The number of para-hydroxylation sites is 1. The maximum Gasteiger partial charge on any atom is 0.186 e. The van der Waals surface area contributed by atoms with Gasteiger partial charge in [0.2, 0.25) is 0 Å². The second-order valence-electron chi connectivity index (χ2n) is 5.83. The van der Waals surface area contributed by atoms with Gasteiger partial charge in [-0.05, 0) is 41.5 Å². The third kappa shape index (κ3) is 4.06. The first kappa shape index (κ1) is 18.4. The summed E-state index contributed by atoms with van der Waals surface area (Å²) in [6, 6.07) is 18.8. The van der Waals surface area contributed by atoms with Gasteiger partial charge in [-0.25, -0.2) is 4.39 Å². The van der Waals surface area contributed by atoms with Crippen LogP contribution in [0.5, 0.6) is 11.5 Å². The molecule has 0 atom stereocenters. The lowest BCUT2D eigenvalue weighted by Crippen LogP contribution is -1.98. The molecule has 0 aliphatic rings. The number of ether oxygens (including phenoxy) is 2. The molecular formula is C23H19FO3. The first-order valence-corrected chi connectivity index (χ1v) is 8.42. The molecule has 0 unspecified atom stereocenters. The average molecular weight is 362 g/mol. The molecular weight excluding hydrogens is 343 g/mol. The molecule has 27 heavy (non-hydrogen) atoms. The van der Waals surface area contributed by atoms with Crippen molar-refractivity contribution in [2.24, 2.45) is 0 Å². The van der Waals surface area contributed by atoms with Gasteiger partial charge in [-0.15, -0.1) is 0 Å². The molecule has 0 saturated carbocycles. The lowest BCUT2D eigenvalue weighted by Gasteiger charge is -2.10. The van der Waals surface area contributed by atoms with E-state index in [1.807, 2.05) is 24.3 Å². The minimum Gasteiger partial charge on any atom is -0.493 e. The Labute approximate surface area is 157 Å². The molecule has 0 fully saturated rings. The van der Waals surface area contributed by atoms with E-state index in [1.165, 1.54) is 18.2 Å². The fourth-order valence-electron chi connectivity index (χ4n) is 2.88. The number of hydrogen-bond acceptors (Lipinski definition) is 3. The van der Waals surface area contributed by atoms with E-state index in [-0.39, 0.29) is 11.6 Å². The Morgan fingerprint density at radius 1 is 0.889 bits per heavy atom.